The number of pyridine rings is 1. The Bertz CT molecular complexity index is 3650. The van der Waals surface area contributed by atoms with Crippen molar-refractivity contribution < 1.29 is 63.0 Å². The second kappa shape index (κ2) is 39.8. The van der Waals surface area contributed by atoms with Gasteiger partial charge in [0.15, 0.2) is 0 Å². The Balaban J connectivity index is 1.27. The number of aliphatic hydroxyl groups excluding tert-OH is 2. The number of benzene rings is 3. The number of amides is 11. The standard InChI is InChI=1S/C68H94N18O13S/c1-38(2)35-52-65(96)78-47(22-28-69)60(91)77-50(25-31-72)64(95)84-57(39(3)87)67(98)75-33-26-51(63(94)76-48(23-29-70)62(93)82-53(66(97)81-52)36-41-13-7-6-8-14-41)79-61(92)49(24-30-71)80-68(99)58(40(4)88)83-56(89)27-34-86-54-37-43(100-55-17-10-9-16-45(55)59(90)73-5)19-20-44(54)46(85-86)21-18-42-15-11-12-32-74-42/h6-21,32,37-40,47-53,57-58,87-88H,22-31,33-36,69-72H2,1-5H3,(H,73,90)(H,75,98)(H,76,94)(H,77,91)(H,78,96)(H,79,92)(H,80,99)(H,81,97)(H,82,93)(H,83,89)(H,84,95)/b21-18+/t39-,40-,47+,48+,49+,50+,51+,52+,53-,57+,58+/m1/s1. The van der Waals surface area contributed by atoms with Crippen LogP contribution in [0.5, 0.6) is 0 Å². The van der Waals surface area contributed by atoms with Crippen molar-refractivity contribution in [2.45, 2.75) is 162 Å². The molecule has 6 rings (SSSR count). The molecule has 1 aliphatic rings. The number of aryl methyl sites for hydroxylation is 1. The fourth-order valence-corrected chi connectivity index (χ4v) is 11.8. The molecule has 32 heteroatoms. The smallest absolute Gasteiger partial charge is 0.252 e. The van der Waals surface area contributed by atoms with Crippen LogP contribution in [0.15, 0.2) is 107 Å². The Kier molecular flexibility index (Phi) is 31.5. The highest BCUT2D eigenvalue weighted by molar-refractivity contribution is 7.99. The zero-order valence-electron chi connectivity index (χ0n) is 56.7. The molecule has 0 unspecified atom stereocenters. The van der Waals surface area contributed by atoms with Gasteiger partial charge in [-0.3, -0.25) is 62.4 Å². The van der Waals surface area contributed by atoms with Gasteiger partial charge in [0.05, 0.1) is 41.2 Å². The van der Waals surface area contributed by atoms with E-state index in [2.05, 4.69) is 63.5 Å². The molecule has 3 aromatic carbocycles. The van der Waals surface area contributed by atoms with Crippen LogP contribution in [0, 0.1) is 5.92 Å². The van der Waals surface area contributed by atoms with Gasteiger partial charge < -0.3 is 91.6 Å². The molecule has 21 N–H and O–H groups in total. The number of nitrogens with zero attached hydrogens (tertiary/aromatic N) is 3. The van der Waals surface area contributed by atoms with E-state index in [9.17, 15) is 63.0 Å². The van der Waals surface area contributed by atoms with Crippen LogP contribution in [-0.4, -0.2) is 196 Å². The van der Waals surface area contributed by atoms with Crippen LogP contribution < -0.4 is 81.4 Å². The van der Waals surface area contributed by atoms with Gasteiger partial charge in [-0.25, -0.2) is 0 Å². The first-order valence-electron chi connectivity index (χ1n) is 33.2. The molecule has 540 valence electrons. The lowest BCUT2D eigenvalue weighted by Gasteiger charge is -2.28. The molecule has 5 aromatic rings. The zero-order chi connectivity index (χ0) is 73.0. The summed E-state index contributed by atoms with van der Waals surface area (Å²) < 4.78 is 1.61. The predicted octanol–water partition coefficient (Wildman–Crippen LogP) is -2.17. The number of carbonyl (C=O) groups excluding carboxylic acids is 11. The van der Waals surface area contributed by atoms with Crippen LogP contribution in [0.3, 0.4) is 0 Å². The molecule has 11 amide bonds. The van der Waals surface area contributed by atoms with Gasteiger partial charge in [0, 0.05) is 47.8 Å². The average molecular weight is 1400 g/mol. The predicted molar refractivity (Wildman–Crippen MR) is 374 cm³/mol. The SMILES string of the molecule is CNC(=O)c1ccccc1Sc1ccc2c(/C=C/c3ccccn3)nn(CCC(=O)N[C@H](C(=O)N[C@@H](CCN)C(=O)N[C@H]3CCNC(=O)[C@H]([C@@H](C)O)NC(=O)[C@H](CCN)NC(=O)[C@H](CCN)NC(=O)[C@H](CC(C)C)NC(=O)[C@@H](Cc4ccccc4)NC(=O)[C@H](CCN)NC3=O)[C@@H](C)O)c2c1. The van der Waals surface area contributed by atoms with Crippen LogP contribution in [0.25, 0.3) is 23.1 Å². The number of hydrogen-bond acceptors (Lipinski definition) is 20. The molecule has 0 radical (unpaired) electrons. The summed E-state index contributed by atoms with van der Waals surface area (Å²) in [5.74, 6) is -9.65. The molecule has 100 heavy (non-hydrogen) atoms. The van der Waals surface area contributed by atoms with Crippen molar-refractivity contribution in [1.82, 2.24) is 73.2 Å². The Morgan fingerprint density at radius 1 is 0.660 bits per heavy atom. The maximum Gasteiger partial charge on any atom is 0.252 e. The number of aliphatic hydroxyl groups is 2. The van der Waals surface area contributed by atoms with E-state index in [1.165, 1.54) is 25.6 Å². The topological polar surface area (TPSA) is 495 Å². The van der Waals surface area contributed by atoms with E-state index in [1.807, 2.05) is 42.5 Å². The number of rotatable bonds is 27. The Morgan fingerprint density at radius 3 is 1.85 bits per heavy atom. The van der Waals surface area contributed by atoms with Gasteiger partial charge in [0.1, 0.15) is 54.4 Å². The molecule has 31 nitrogen and oxygen atoms in total. The third kappa shape index (κ3) is 23.8. The second-order valence-electron chi connectivity index (χ2n) is 24.5. The zero-order valence-corrected chi connectivity index (χ0v) is 57.5. The quantitative estimate of drug-likeness (QED) is 0.0266. The van der Waals surface area contributed by atoms with Crippen molar-refractivity contribution in [2.24, 2.45) is 28.9 Å². The number of aromatic nitrogens is 3. The van der Waals surface area contributed by atoms with Crippen LogP contribution >= 0.6 is 11.8 Å². The van der Waals surface area contributed by atoms with Crippen LogP contribution in [0.1, 0.15) is 99.9 Å². The summed E-state index contributed by atoms with van der Waals surface area (Å²) in [5, 5.41) is 55.9. The van der Waals surface area contributed by atoms with Gasteiger partial charge in [-0.15, -0.1) is 0 Å². The highest BCUT2D eigenvalue weighted by Gasteiger charge is 2.37. The molecule has 1 fully saturated rings. The first-order valence-corrected chi connectivity index (χ1v) is 34.0. The van der Waals surface area contributed by atoms with Crippen molar-refractivity contribution in [1.29, 1.82) is 0 Å². The van der Waals surface area contributed by atoms with E-state index in [-0.39, 0.29) is 89.5 Å². The summed E-state index contributed by atoms with van der Waals surface area (Å²) >= 11 is 1.35. The monoisotopic (exact) mass is 1400 g/mol. The lowest BCUT2D eigenvalue weighted by atomic mass is 10.00. The minimum absolute atomic E-state index is 0.0329. The van der Waals surface area contributed by atoms with E-state index in [0.29, 0.717) is 32.9 Å². The van der Waals surface area contributed by atoms with Crippen LogP contribution in [-0.2, 0) is 60.9 Å². The van der Waals surface area contributed by atoms with Crippen molar-refractivity contribution in [3.05, 3.63) is 120 Å². The normalized spacial score (nSPS) is 20.6. The fourth-order valence-electron chi connectivity index (χ4n) is 10.8. The van der Waals surface area contributed by atoms with Gasteiger partial charge in [-0.05, 0) is 145 Å². The lowest BCUT2D eigenvalue weighted by Crippen LogP contribution is -2.61. The Labute approximate surface area is 583 Å². The third-order valence-corrected chi connectivity index (χ3v) is 17.2. The summed E-state index contributed by atoms with van der Waals surface area (Å²) in [6, 6.07) is 13.1. The maximum atomic E-state index is 14.7. The molecule has 0 spiro atoms. The van der Waals surface area contributed by atoms with E-state index in [4.69, 9.17) is 28.0 Å². The molecule has 2 aromatic heterocycles. The molecule has 0 saturated carbocycles. The first-order chi connectivity index (χ1) is 47.9. The summed E-state index contributed by atoms with van der Waals surface area (Å²) in [6.45, 7) is 4.81. The van der Waals surface area contributed by atoms with Gasteiger partial charge in [-0.2, -0.15) is 5.10 Å². The summed E-state index contributed by atoms with van der Waals surface area (Å²) in [4.78, 5) is 161. The summed E-state index contributed by atoms with van der Waals surface area (Å²) in [6.07, 6.45) is 0.422. The first kappa shape index (κ1) is 79.3. The molecular weight excluding hydrogens is 1310 g/mol. The van der Waals surface area contributed by atoms with Gasteiger partial charge in [0.2, 0.25) is 59.1 Å². The molecule has 1 saturated heterocycles. The van der Waals surface area contributed by atoms with Crippen molar-refractivity contribution in [2.75, 3.05) is 39.8 Å². The van der Waals surface area contributed by atoms with Crippen molar-refractivity contribution >= 4 is 99.8 Å². The van der Waals surface area contributed by atoms with Crippen molar-refractivity contribution in [3.8, 4) is 0 Å². The number of nitrogens with one attached hydrogen (secondary N) is 11. The largest absolute Gasteiger partial charge is 0.391 e. The van der Waals surface area contributed by atoms with E-state index < -0.39 is 139 Å². The molecule has 0 aliphatic carbocycles. The van der Waals surface area contributed by atoms with E-state index in [0.717, 1.165) is 10.3 Å². The van der Waals surface area contributed by atoms with Crippen LogP contribution in [0.4, 0.5) is 0 Å². The van der Waals surface area contributed by atoms with E-state index in [1.54, 1.807) is 92.5 Å². The molecular formula is C68H94N18O13S. The Hall–Kier alpha value is -9.70. The van der Waals surface area contributed by atoms with Crippen LogP contribution in [0.2, 0.25) is 0 Å². The lowest BCUT2D eigenvalue weighted by molar-refractivity contribution is -0.136. The van der Waals surface area contributed by atoms with Gasteiger partial charge >= 0.3 is 0 Å². The van der Waals surface area contributed by atoms with E-state index >= 15 is 0 Å². The molecule has 1 aliphatic heterocycles. The Morgan fingerprint density at radius 2 is 1.25 bits per heavy atom. The highest BCUT2D eigenvalue weighted by atomic mass is 32.2. The number of carbonyl (C=O) groups is 11. The minimum atomic E-state index is -1.70. The molecule has 11 atom stereocenters. The second-order valence-corrected chi connectivity index (χ2v) is 25.6. The maximum absolute atomic E-state index is 14.7. The third-order valence-electron chi connectivity index (χ3n) is 16.1. The number of fused-ring (bicyclic) bond motifs is 1. The number of hydrogen-bond donors (Lipinski definition) is 17. The molecule has 0 bridgehead atoms. The summed E-state index contributed by atoms with van der Waals surface area (Å²) in [5.41, 5.74) is 26.7. The van der Waals surface area contributed by atoms with Crippen molar-refractivity contribution in [3.63, 3.8) is 0 Å². The van der Waals surface area contributed by atoms with Gasteiger partial charge in [0.25, 0.3) is 5.91 Å². The molecule has 3 heterocycles. The number of nitrogens with two attached hydrogens (primary N) is 4. The van der Waals surface area contributed by atoms with Gasteiger partial charge in [-0.1, -0.05) is 74.1 Å². The minimum Gasteiger partial charge on any atom is -0.391 e. The fraction of sp³-hybridized carbons (Fsp3) is 0.456. The summed E-state index contributed by atoms with van der Waals surface area (Å²) in [7, 11) is 1.54. The average Bonchev–Trinajstić information content (AvgIpc) is 1.62. The highest BCUT2D eigenvalue weighted by Crippen LogP contribution is 2.34.